The van der Waals surface area contributed by atoms with Gasteiger partial charge in [0.15, 0.2) is 82.2 Å². The zero-order valence-corrected chi connectivity index (χ0v) is 31.0. The van der Waals surface area contributed by atoms with Crippen molar-refractivity contribution >= 4 is 44.6 Å². The molecular weight excluding hydrogens is 929 g/mol. The number of hydrogen-bond acceptors (Lipinski definition) is 2. The van der Waals surface area contributed by atoms with Crippen molar-refractivity contribution in [3.05, 3.63) is 189 Å². The predicted octanol–water partition coefficient (Wildman–Crippen LogP) is 8.56. The number of phenols is 1. The monoisotopic (exact) mass is 943 g/mol. The Morgan fingerprint density at radius 3 is 1.03 bits per heavy atom. The number of rotatable bonds is 7. The number of carbonyl (C=O) groups is 1. The lowest BCUT2D eigenvalue weighted by Gasteiger charge is -2.44. The summed E-state index contributed by atoms with van der Waals surface area (Å²) >= 11 is 0. The molecule has 65 heavy (non-hydrogen) atoms. The van der Waals surface area contributed by atoms with Gasteiger partial charge in [0.05, 0.1) is 5.39 Å². The molecule has 7 rings (SSSR count). The minimum Gasteiger partial charge on any atom is -0.507 e. The molecule has 0 atom stereocenters. The van der Waals surface area contributed by atoms with Crippen LogP contribution in [0.25, 0.3) is 10.8 Å². The Labute approximate surface area is 347 Å². The van der Waals surface area contributed by atoms with Crippen LogP contribution in [-0.2, 0) is 6.54 Å². The van der Waals surface area contributed by atoms with E-state index in [1.54, 1.807) is 35.0 Å². The smallest absolute Gasteiger partial charge is 0.227 e. The third-order valence-corrected chi connectivity index (χ3v) is 9.99. The Kier molecular flexibility index (Phi) is 12.7. The SMILES string of the molecule is Fc1c(F)c(F)c([B-](c2c(F)c(F)c(F)c(F)c2F)(c2c(F)c(F)c(F)c(F)c2F)c2c(F)c(F)c(F)c(F)c2F)c(F)c1F.O=C(C[n+]1ccc2cccc(O)c2c1)c1ccccc1. The first-order valence-corrected chi connectivity index (χ1v) is 17.4. The molecular formula is C41H14BF20NO2. The van der Waals surface area contributed by atoms with Crippen LogP contribution in [-0.4, -0.2) is 17.0 Å². The third-order valence-electron chi connectivity index (χ3n) is 9.99. The van der Waals surface area contributed by atoms with Gasteiger partial charge in [0.2, 0.25) is 12.3 Å². The standard InChI is InChI=1S/C24BF20.C17H13NO2/c26-5-1(6(27)14(35)21(42)13(5)34)25(2-7(28)15(36)22(43)16(37)8(2)29,3-9(30)17(38)23(44)18(39)10(3)31)4-11(32)19(40)24(45)20(41)12(4)33;19-16-8-4-7-13-9-10-18(11-15(13)16)12-17(20)14-5-2-1-3-6-14/h;1-11H,12H2/q-1;/p+1. The molecule has 0 spiro atoms. The maximum absolute atomic E-state index is 15.4. The van der Waals surface area contributed by atoms with Gasteiger partial charge in [-0.25, -0.2) is 87.8 Å². The van der Waals surface area contributed by atoms with Gasteiger partial charge < -0.3 is 5.11 Å². The fraction of sp³-hybridized carbons (Fsp3) is 0.0244. The lowest BCUT2D eigenvalue weighted by molar-refractivity contribution is -0.681. The third kappa shape index (κ3) is 7.42. The van der Waals surface area contributed by atoms with E-state index in [9.17, 15) is 62.6 Å². The number of halogens is 20. The van der Waals surface area contributed by atoms with Gasteiger partial charge in [0.25, 0.3) is 0 Å². The van der Waals surface area contributed by atoms with Crippen LogP contribution in [0.4, 0.5) is 87.8 Å². The van der Waals surface area contributed by atoms with Crippen molar-refractivity contribution in [3.63, 3.8) is 0 Å². The van der Waals surface area contributed by atoms with Crippen LogP contribution in [0.3, 0.4) is 0 Å². The van der Waals surface area contributed by atoms with Crippen LogP contribution in [0.5, 0.6) is 5.75 Å². The first-order valence-electron chi connectivity index (χ1n) is 17.4. The highest BCUT2D eigenvalue weighted by Gasteiger charge is 2.52. The summed E-state index contributed by atoms with van der Waals surface area (Å²) in [6.45, 7) is 0.258. The van der Waals surface area contributed by atoms with E-state index < -0.39 is 144 Å². The quantitative estimate of drug-likeness (QED) is 0.0435. The van der Waals surface area contributed by atoms with Crippen molar-refractivity contribution in [2.75, 3.05) is 0 Å². The number of nitrogens with zero attached hydrogens (tertiary/aromatic N) is 1. The summed E-state index contributed by atoms with van der Waals surface area (Å²) in [6.07, 6.45) is -3.57. The summed E-state index contributed by atoms with van der Waals surface area (Å²) in [7, 11) is 0. The van der Waals surface area contributed by atoms with Crippen molar-refractivity contribution in [1.29, 1.82) is 0 Å². The van der Waals surface area contributed by atoms with Gasteiger partial charge in [0.1, 0.15) is 58.4 Å². The number of benzene rings is 6. The molecule has 0 fully saturated rings. The molecule has 0 radical (unpaired) electrons. The number of fused-ring (bicyclic) bond motifs is 1. The molecule has 1 aromatic heterocycles. The molecule has 0 aliphatic heterocycles. The fourth-order valence-corrected chi connectivity index (χ4v) is 7.09. The van der Waals surface area contributed by atoms with Crippen LogP contribution in [0.1, 0.15) is 10.4 Å². The lowest BCUT2D eigenvalue weighted by Crippen LogP contribution is -2.81. The van der Waals surface area contributed by atoms with Crippen molar-refractivity contribution in [3.8, 4) is 5.75 Å². The highest BCUT2D eigenvalue weighted by molar-refractivity contribution is 7.20. The van der Waals surface area contributed by atoms with Crippen LogP contribution < -0.4 is 26.4 Å². The minimum atomic E-state index is -7.22. The van der Waals surface area contributed by atoms with Gasteiger partial charge in [-0.2, -0.15) is 4.57 Å². The number of aromatic hydroxyl groups is 1. The van der Waals surface area contributed by atoms with Crippen molar-refractivity contribution in [2.45, 2.75) is 6.54 Å². The largest absolute Gasteiger partial charge is 0.507 e. The maximum atomic E-state index is 15.4. The highest BCUT2D eigenvalue weighted by atomic mass is 19.2. The fourth-order valence-electron chi connectivity index (χ4n) is 7.09. The van der Waals surface area contributed by atoms with E-state index in [4.69, 9.17) is 0 Å². The first-order chi connectivity index (χ1) is 30.4. The summed E-state index contributed by atoms with van der Waals surface area (Å²) < 4.78 is 296. The number of hydrogen-bond donors (Lipinski definition) is 1. The van der Waals surface area contributed by atoms with E-state index in [2.05, 4.69) is 0 Å². The number of carbonyl (C=O) groups excluding carboxylic acids is 1. The highest BCUT2D eigenvalue weighted by Crippen LogP contribution is 2.31. The molecule has 0 saturated heterocycles. The van der Waals surface area contributed by atoms with Crippen molar-refractivity contribution < 1.29 is 102 Å². The van der Waals surface area contributed by atoms with Gasteiger partial charge >= 0.3 is 0 Å². The normalized spacial score (nSPS) is 11.6. The Balaban J connectivity index is 0.000000289. The number of pyridine rings is 1. The summed E-state index contributed by atoms with van der Waals surface area (Å²) in [5, 5.41) is 11.5. The molecule has 0 saturated carbocycles. The van der Waals surface area contributed by atoms with Crippen molar-refractivity contribution in [2.24, 2.45) is 0 Å². The molecule has 0 amide bonds. The second-order valence-corrected chi connectivity index (χ2v) is 13.5. The van der Waals surface area contributed by atoms with Crippen LogP contribution in [0, 0.1) is 116 Å². The molecule has 1 N–H and O–H groups in total. The van der Waals surface area contributed by atoms with Crippen molar-refractivity contribution in [1.82, 2.24) is 0 Å². The molecule has 24 heteroatoms. The second-order valence-electron chi connectivity index (χ2n) is 13.5. The Morgan fingerprint density at radius 2 is 0.708 bits per heavy atom. The Hall–Kier alpha value is -7.14. The summed E-state index contributed by atoms with van der Waals surface area (Å²) in [4.78, 5) is 12.2. The second kappa shape index (κ2) is 17.4. The molecule has 0 unspecified atom stereocenters. The van der Waals surface area contributed by atoms with Gasteiger partial charge in [0, 0.05) is 11.6 Å². The number of phenolic OH excluding ortho intramolecular Hbond substituents is 1. The average Bonchev–Trinajstić information content (AvgIpc) is 3.29. The predicted molar refractivity (Wildman–Crippen MR) is 186 cm³/mol. The van der Waals surface area contributed by atoms with E-state index in [-0.39, 0.29) is 18.1 Å². The van der Waals surface area contributed by atoms with Gasteiger partial charge in [-0.05, 0) is 11.5 Å². The molecule has 338 valence electrons. The molecule has 0 bridgehead atoms. The van der Waals surface area contributed by atoms with Crippen LogP contribution in [0.2, 0.25) is 0 Å². The zero-order valence-electron chi connectivity index (χ0n) is 31.0. The maximum Gasteiger partial charge on any atom is 0.227 e. The Morgan fingerprint density at radius 1 is 0.400 bits per heavy atom. The number of Topliss-reactive ketones (excluding diaryl/α,β-unsaturated/α-hetero) is 1. The minimum absolute atomic E-state index is 0.0466. The van der Waals surface area contributed by atoms with E-state index in [1.165, 1.54) is 0 Å². The molecule has 7 aromatic rings. The lowest BCUT2D eigenvalue weighted by atomic mass is 9.12. The molecule has 3 nitrogen and oxygen atoms in total. The van der Waals surface area contributed by atoms with E-state index in [0.717, 1.165) is 10.8 Å². The van der Waals surface area contributed by atoms with E-state index in [0.29, 0.717) is 5.56 Å². The molecule has 0 aliphatic rings. The Bertz CT molecular complexity index is 2730. The molecule has 0 aliphatic carbocycles. The molecule has 6 aromatic carbocycles. The number of ketones is 1. The van der Waals surface area contributed by atoms with Crippen LogP contribution in [0.15, 0.2) is 67.0 Å². The van der Waals surface area contributed by atoms with Gasteiger partial charge in [-0.3, -0.25) is 4.79 Å². The van der Waals surface area contributed by atoms with E-state index >= 15 is 35.1 Å². The zero-order chi connectivity index (χ0) is 48.3. The average molecular weight is 943 g/mol. The molecule has 1 heterocycles. The first kappa shape index (κ1) is 47.3. The number of aromatic nitrogens is 1. The van der Waals surface area contributed by atoms with Gasteiger partial charge in [-0.1, -0.05) is 42.5 Å². The summed E-state index contributed by atoms with van der Waals surface area (Å²) in [6, 6.07) is 16.5. The summed E-state index contributed by atoms with van der Waals surface area (Å²) in [5.41, 5.74) is -13.6. The van der Waals surface area contributed by atoms with E-state index in [1.807, 2.05) is 36.5 Å². The van der Waals surface area contributed by atoms with Crippen LogP contribution >= 0.6 is 0 Å². The van der Waals surface area contributed by atoms with Gasteiger partial charge in [-0.15, -0.1) is 21.9 Å². The summed E-state index contributed by atoms with van der Waals surface area (Å²) in [5.74, 6) is -71.1. The topological polar surface area (TPSA) is 41.2 Å².